The number of carboxylic acids is 1. The standard InChI is InChI=1S/C15H14N4O3/c1-8-3-4-10(5-12(8)20)18-14-13-9(2)11(15(21)22)6-19(13)17-7-16-14/h3-7,20H,1-2H3,(H,21,22)(H,16,17,18). The lowest BCUT2D eigenvalue weighted by Crippen LogP contribution is -2.00. The molecule has 0 atom stereocenters. The molecule has 0 aliphatic heterocycles. The average molecular weight is 298 g/mol. The van der Waals surface area contributed by atoms with E-state index >= 15 is 0 Å². The van der Waals surface area contributed by atoms with Crippen LogP contribution < -0.4 is 5.32 Å². The van der Waals surface area contributed by atoms with E-state index in [0.717, 1.165) is 5.56 Å². The largest absolute Gasteiger partial charge is 0.508 e. The molecule has 22 heavy (non-hydrogen) atoms. The van der Waals surface area contributed by atoms with Crippen molar-refractivity contribution in [3.05, 3.63) is 47.4 Å². The summed E-state index contributed by atoms with van der Waals surface area (Å²) in [6.45, 7) is 3.51. The molecule has 1 aromatic carbocycles. The summed E-state index contributed by atoms with van der Waals surface area (Å²) in [5.74, 6) is -0.362. The molecule has 7 heteroatoms. The van der Waals surface area contributed by atoms with Crippen LogP contribution in [0.25, 0.3) is 5.52 Å². The Morgan fingerprint density at radius 3 is 2.77 bits per heavy atom. The highest BCUT2D eigenvalue weighted by Crippen LogP contribution is 2.27. The minimum absolute atomic E-state index is 0.174. The molecule has 0 aliphatic rings. The van der Waals surface area contributed by atoms with Crippen molar-refractivity contribution >= 4 is 23.0 Å². The minimum atomic E-state index is -1.01. The molecule has 0 amide bonds. The number of nitrogens with zero attached hydrogens (tertiary/aromatic N) is 3. The number of aromatic hydroxyl groups is 1. The number of aromatic nitrogens is 3. The monoisotopic (exact) mass is 298 g/mol. The van der Waals surface area contributed by atoms with Gasteiger partial charge >= 0.3 is 5.97 Å². The number of carbonyl (C=O) groups is 1. The topological polar surface area (TPSA) is 99.8 Å². The van der Waals surface area contributed by atoms with Crippen LogP contribution in [0.1, 0.15) is 21.5 Å². The van der Waals surface area contributed by atoms with Crippen molar-refractivity contribution in [2.45, 2.75) is 13.8 Å². The van der Waals surface area contributed by atoms with Gasteiger partial charge in [-0.1, -0.05) is 6.07 Å². The number of fused-ring (bicyclic) bond motifs is 1. The summed E-state index contributed by atoms with van der Waals surface area (Å²) in [4.78, 5) is 15.4. The Bertz CT molecular complexity index is 886. The summed E-state index contributed by atoms with van der Waals surface area (Å²) in [6.07, 6.45) is 2.79. The third-order valence-corrected chi connectivity index (χ3v) is 3.53. The van der Waals surface area contributed by atoms with E-state index in [-0.39, 0.29) is 11.3 Å². The first-order chi connectivity index (χ1) is 10.5. The first-order valence-electron chi connectivity index (χ1n) is 6.60. The Balaban J connectivity index is 2.10. The van der Waals surface area contributed by atoms with E-state index < -0.39 is 5.97 Å². The maximum Gasteiger partial charge on any atom is 0.337 e. The molecule has 0 bridgehead atoms. The molecule has 2 aromatic heterocycles. The first-order valence-corrected chi connectivity index (χ1v) is 6.60. The van der Waals surface area contributed by atoms with Gasteiger partial charge in [0.2, 0.25) is 0 Å². The second-order valence-corrected chi connectivity index (χ2v) is 5.00. The van der Waals surface area contributed by atoms with Gasteiger partial charge in [-0.25, -0.2) is 14.3 Å². The van der Waals surface area contributed by atoms with E-state index in [1.807, 2.05) is 6.07 Å². The van der Waals surface area contributed by atoms with Gasteiger partial charge in [0.05, 0.1) is 5.56 Å². The number of benzene rings is 1. The zero-order valence-electron chi connectivity index (χ0n) is 12.0. The summed E-state index contributed by atoms with van der Waals surface area (Å²) < 4.78 is 1.47. The Morgan fingerprint density at radius 2 is 2.09 bits per heavy atom. The molecule has 112 valence electrons. The summed E-state index contributed by atoms with van der Waals surface area (Å²) in [6, 6.07) is 5.18. The molecular weight excluding hydrogens is 284 g/mol. The van der Waals surface area contributed by atoms with Gasteiger partial charge in [0.15, 0.2) is 5.82 Å². The number of nitrogens with one attached hydrogen (secondary N) is 1. The van der Waals surface area contributed by atoms with Crippen LogP contribution in [0, 0.1) is 13.8 Å². The molecule has 0 fully saturated rings. The molecular formula is C15H14N4O3. The van der Waals surface area contributed by atoms with Gasteiger partial charge in [-0.2, -0.15) is 5.10 Å². The van der Waals surface area contributed by atoms with Crippen LogP contribution >= 0.6 is 0 Å². The normalized spacial score (nSPS) is 10.8. The number of phenolic OH excluding ortho intramolecular Hbond substituents is 1. The van der Waals surface area contributed by atoms with Gasteiger partial charge < -0.3 is 15.5 Å². The van der Waals surface area contributed by atoms with E-state index in [1.165, 1.54) is 17.0 Å². The fraction of sp³-hybridized carbons (Fsp3) is 0.133. The number of phenols is 1. The molecule has 0 unspecified atom stereocenters. The van der Waals surface area contributed by atoms with Crippen LogP contribution in [0.2, 0.25) is 0 Å². The maximum atomic E-state index is 11.2. The van der Waals surface area contributed by atoms with Gasteiger partial charge in [-0.15, -0.1) is 0 Å². The molecule has 0 aliphatic carbocycles. The van der Waals surface area contributed by atoms with Crippen molar-refractivity contribution in [3.63, 3.8) is 0 Å². The van der Waals surface area contributed by atoms with Crippen molar-refractivity contribution in [1.82, 2.24) is 14.6 Å². The Kier molecular flexibility index (Phi) is 3.17. The lowest BCUT2D eigenvalue weighted by Gasteiger charge is -2.09. The van der Waals surface area contributed by atoms with Gasteiger partial charge in [-0.3, -0.25) is 0 Å². The quantitative estimate of drug-likeness (QED) is 0.687. The third-order valence-electron chi connectivity index (χ3n) is 3.53. The minimum Gasteiger partial charge on any atom is -0.508 e. The zero-order chi connectivity index (χ0) is 15.9. The van der Waals surface area contributed by atoms with E-state index in [9.17, 15) is 15.0 Å². The van der Waals surface area contributed by atoms with Crippen molar-refractivity contribution in [3.8, 4) is 5.75 Å². The highest BCUT2D eigenvalue weighted by molar-refractivity contribution is 5.94. The van der Waals surface area contributed by atoms with Crippen LogP contribution in [0.15, 0.2) is 30.7 Å². The number of hydrogen-bond acceptors (Lipinski definition) is 5. The third kappa shape index (κ3) is 2.22. The second-order valence-electron chi connectivity index (χ2n) is 5.00. The van der Waals surface area contributed by atoms with Crippen molar-refractivity contribution < 1.29 is 15.0 Å². The van der Waals surface area contributed by atoms with Crippen LogP contribution in [0.4, 0.5) is 11.5 Å². The molecule has 3 aromatic rings. The number of aromatic carboxylic acids is 1. The van der Waals surface area contributed by atoms with Crippen LogP contribution in [-0.2, 0) is 0 Å². The van der Waals surface area contributed by atoms with Gasteiger partial charge in [0.1, 0.15) is 17.6 Å². The predicted molar refractivity (Wildman–Crippen MR) is 80.8 cm³/mol. The smallest absolute Gasteiger partial charge is 0.337 e. The zero-order valence-corrected chi connectivity index (χ0v) is 12.0. The molecule has 7 nitrogen and oxygen atoms in total. The lowest BCUT2D eigenvalue weighted by molar-refractivity contribution is 0.0696. The van der Waals surface area contributed by atoms with Gasteiger partial charge in [0, 0.05) is 18.0 Å². The summed E-state index contributed by atoms with van der Waals surface area (Å²) in [7, 11) is 0. The van der Waals surface area contributed by atoms with Crippen LogP contribution in [0.5, 0.6) is 5.75 Å². The highest BCUT2D eigenvalue weighted by atomic mass is 16.4. The number of aryl methyl sites for hydroxylation is 2. The molecule has 0 spiro atoms. The Morgan fingerprint density at radius 1 is 1.32 bits per heavy atom. The summed E-state index contributed by atoms with van der Waals surface area (Å²) >= 11 is 0. The maximum absolute atomic E-state index is 11.2. The first kappa shape index (κ1) is 13.9. The highest BCUT2D eigenvalue weighted by Gasteiger charge is 2.17. The van der Waals surface area contributed by atoms with E-state index in [1.54, 1.807) is 26.0 Å². The van der Waals surface area contributed by atoms with Crippen molar-refractivity contribution in [2.24, 2.45) is 0 Å². The van der Waals surface area contributed by atoms with Crippen LogP contribution in [0.3, 0.4) is 0 Å². The predicted octanol–water partition coefficient (Wildman–Crippen LogP) is 2.49. The molecule has 2 heterocycles. The fourth-order valence-electron chi connectivity index (χ4n) is 2.29. The SMILES string of the molecule is Cc1ccc(Nc2ncnn3cc(C(=O)O)c(C)c23)cc1O. The Hall–Kier alpha value is -3.09. The van der Waals surface area contributed by atoms with Gasteiger partial charge in [0.25, 0.3) is 0 Å². The fourth-order valence-corrected chi connectivity index (χ4v) is 2.29. The number of hydrogen-bond donors (Lipinski definition) is 3. The number of rotatable bonds is 3. The van der Waals surface area contributed by atoms with Crippen molar-refractivity contribution in [2.75, 3.05) is 5.32 Å². The van der Waals surface area contributed by atoms with E-state index in [0.29, 0.717) is 22.6 Å². The molecule has 3 N–H and O–H groups in total. The summed E-state index contributed by atoms with van der Waals surface area (Å²) in [5, 5.41) is 26.1. The van der Waals surface area contributed by atoms with E-state index in [4.69, 9.17) is 0 Å². The molecule has 3 rings (SSSR count). The van der Waals surface area contributed by atoms with Gasteiger partial charge in [-0.05, 0) is 31.0 Å². The van der Waals surface area contributed by atoms with E-state index in [2.05, 4.69) is 15.4 Å². The number of anilines is 2. The number of carboxylic acid groups (broad SMARTS) is 1. The van der Waals surface area contributed by atoms with Crippen LogP contribution in [-0.4, -0.2) is 30.8 Å². The molecule has 0 saturated heterocycles. The summed E-state index contributed by atoms with van der Waals surface area (Å²) in [5.41, 5.74) is 2.76. The van der Waals surface area contributed by atoms with Crippen molar-refractivity contribution in [1.29, 1.82) is 0 Å². The lowest BCUT2D eigenvalue weighted by atomic mass is 10.2. The second kappa shape index (κ2) is 5.03. The Labute approximate surface area is 125 Å². The molecule has 0 radical (unpaired) electrons. The average Bonchev–Trinajstić information content (AvgIpc) is 2.81. The molecule has 0 saturated carbocycles.